The van der Waals surface area contributed by atoms with Gasteiger partial charge < -0.3 is 9.84 Å². The molecule has 0 unspecified atom stereocenters. The van der Waals surface area contributed by atoms with Gasteiger partial charge in [-0.3, -0.25) is 4.79 Å². The van der Waals surface area contributed by atoms with Crippen molar-refractivity contribution in [2.45, 2.75) is 289 Å². The minimum absolute atomic E-state index is 0.0159. The highest BCUT2D eigenvalue weighted by Crippen LogP contribution is 2.17. The molecule has 0 saturated carbocycles. The van der Waals surface area contributed by atoms with Crippen molar-refractivity contribution in [3.63, 3.8) is 0 Å². The molecule has 0 spiro atoms. The third kappa shape index (κ3) is 49.2. The van der Waals surface area contributed by atoms with Crippen molar-refractivity contribution in [1.82, 2.24) is 0 Å². The van der Waals surface area contributed by atoms with Crippen LogP contribution in [0.2, 0.25) is 0 Å². The number of hydrogen-bond acceptors (Lipinski definition) is 3. The minimum Gasteiger partial charge on any atom is -0.466 e. The Kier molecular flexibility index (Phi) is 48.4. The van der Waals surface area contributed by atoms with Gasteiger partial charge in [0.05, 0.1) is 6.61 Å². The van der Waals surface area contributed by atoms with Gasteiger partial charge in [-0.1, -0.05) is 257 Å². The van der Waals surface area contributed by atoms with Crippen molar-refractivity contribution in [2.75, 3.05) is 13.2 Å². The minimum atomic E-state index is 0.0159. The molecule has 0 aromatic carbocycles. The maximum atomic E-state index is 12.0. The van der Waals surface area contributed by atoms with E-state index in [1.807, 2.05) is 0 Å². The monoisotopic (exact) mass is 747 g/mol. The number of allylic oxidation sites excluding steroid dienone is 2. The molecule has 0 radical (unpaired) electrons. The van der Waals surface area contributed by atoms with E-state index in [-0.39, 0.29) is 5.97 Å². The smallest absolute Gasteiger partial charge is 0.305 e. The molecule has 0 amide bonds. The molecule has 3 heteroatoms. The van der Waals surface area contributed by atoms with Gasteiger partial charge in [-0.25, -0.2) is 0 Å². The van der Waals surface area contributed by atoms with Crippen molar-refractivity contribution in [2.24, 2.45) is 0 Å². The second-order valence-electron chi connectivity index (χ2n) is 16.9. The topological polar surface area (TPSA) is 46.5 Å². The number of hydrogen-bond donors (Lipinski definition) is 1. The summed E-state index contributed by atoms with van der Waals surface area (Å²) in [7, 11) is 0. The highest BCUT2D eigenvalue weighted by Gasteiger charge is 2.03. The van der Waals surface area contributed by atoms with E-state index in [1.54, 1.807) is 0 Å². The van der Waals surface area contributed by atoms with E-state index in [0.29, 0.717) is 19.6 Å². The van der Waals surface area contributed by atoms with Gasteiger partial charge in [0.1, 0.15) is 0 Å². The lowest BCUT2D eigenvalue weighted by Crippen LogP contribution is -2.05. The summed E-state index contributed by atoms with van der Waals surface area (Å²) in [6.07, 6.45) is 63.7. The normalized spacial score (nSPS) is 11.7. The summed E-state index contributed by atoms with van der Waals surface area (Å²) in [6, 6.07) is 0. The molecule has 0 aromatic rings. The van der Waals surface area contributed by atoms with Crippen molar-refractivity contribution >= 4 is 5.97 Å². The Bertz CT molecular complexity index is 688. The fourth-order valence-electron chi connectivity index (χ4n) is 7.75. The lowest BCUT2D eigenvalue weighted by molar-refractivity contribution is -0.143. The van der Waals surface area contributed by atoms with Gasteiger partial charge in [0, 0.05) is 13.0 Å². The van der Waals surface area contributed by atoms with Crippen LogP contribution in [0.4, 0.5) is 0 Å². The summed E-state index contributed by atoms with van der Waals surface area (Å²) in [5, 5.41) is 8.81. The first-order valence-corrected chi connectivity index (χ1v) is 24.7. The van der Waals surface area contributed by atoms with E-state index in [2.05, 4.69) is 19.1 Å². The van der Waals surface area contributed by atoms with Crippen molar-refractivity contribution in [1.29, 1.82) is 0 Å². The van der Waals surface area contributed by atoms with Crippen LogP contribution in [0.15, 0.2) is 12.2 Å². The summed E-state index contributed by atoms with van der Waals surface area (Å²) in [5.41, 5.74) is 0. The van der Waals surface area contributed by atoms with Gasteiger partial charge >= 0.3 is 5.97 Å². The summed E-state index contributed by atoms with van der Waals surface area (Å²) in [5.74, 6) is 0.0159. The first-order valence-electron chi connectivity index (χ1n) is 24.7. The molecule has 1 N–H and O–H groups in total. The largest absolute Gasteiger partial charge is 0.466 e. The predicted molar refractivity (Wildman–Crippen MR) is 236 cm³/mol. The third-order valence-electron chi connectivity index (χ3n) is 11.5. The molecule has 0 aliphatic rings. The van der Waals surface area contributed by atoms with Gasteiger partial charge in [-0.15, -0.1) is 0 Å². The molecular weight excluding hydrogens is 649 g/mol. The van der Waals surface area contributed by atoms with Crippen molar-refractivity contribution < 1.29 is 14.6 Å². The molecule has 0 saturated heterocycles. The van der Waals surface area contributed by atoms with Crippen LogP contribution in [0.5, 0.6) is 0 Å². The number of aliphatic hydroxyl groups is 1. The fraction of sp³-hybridized carbons (Fsp3) is 0.940. The molecule has 0 aliphatic heterocycles. The van der Waals surface area contributed by atoms with Gasteiger partial charge in [0.2, 0.25) is 0 Å². The van der Waals surface area contributed by atoms with E-state index in [4.69, 9.17) is 9.84 Å². The number of ether oxygens (including phenoxy) is 1. The first-order chi connectivity index (χ1) is 26.3. The molecule has 0 fully saturated rings. The molecule has 0 bridgehead atoms. The Balaban J connectivity index is 3.12. The highest BCUT2D eigenvalue weighted by molar-refractivity contribution is 5.69. The zero-order valence-electron chi connectivity index (χ0n) is 36.4. The Morgan fingerprint density at radius 1 is 0.358 bits per heavy atom. The predicted octanol–water partition coefficient (Wildman–Crippen LogP) is 17.3. The quantitative estimate of drug-likeness (QED) is 0.0383. The van der Waals surface area contributed by atoms with Gasteiger partial charge in [-0.2, -0.15) is 0 Å². The average molecular weight is 747 g/mol. The van der Waals surface area contributed by atoms with Crippen LogP contribution in [-0.4, -0.2) is 24.3 Å². The lowest BCUT2D eigenvalue weighted by Gasteiger charge is -2.06. The van der Waals surface area contributed by atoms with E-state index in [9.17, 15) is 4.79 Å². The maximum Gasteiger partial charge on any atom is 0.305 e. The molecule has 3 nitrogen and oxygen atoms in total. The molecule has 53 heavy (non-hydrogen) atoms. The van der Waals surface area contributed by atoms with Gasteiger partial charge in [-0.05, 0) is 38.5 Å². The lowest BCUT2D eigenvalue weighted by atomic mass is 10.0. The Labute approximate surface area is 334 Å². The van der Waals surface area contributed by atoms with Crippen LogP contribution in [0, 0.1) is 0 Å². The van der Waals surface area contributed by atoms with E-state index in [0.717, 1.165) is 25.7 Å². The molecule has 316 valence electrons. The van der Waals surface area contributed by atoms with E-state index < -0.39 is 0 Å². The number of aliphatic hydroxyl groups excluding tert-OH is 1. The third-order valence-corrected chi connectivity index (χ3v) is 11.5. The fourth-order valence-corrected chi connectivity index (χ4v) is 7.75. The van der Waals surface area contributed by atoms with E-state index >= 15 is 0 Å². The van der Waals surface area contributed by atoms with Gasteiger partial charge in [0.25, 0.3) is 0 Å². The Hall–Kier alpha value is -0.830. The summed E-state index contributed by atoms with van der Waals surface area (Å²) < 4.78 is 5.45. The second-order valence-corrected chi connectivity index (χ2v) is 16.9. The van der Waals surface area contributed by atoms with Crippen molar-refractivity contribution in [3.05, 3.63) is 12.2 Å². The summed E-state index contributed by atoms with van der Waals surface area (Å²) >= 11 is 0. The average Bonchev–Trinajstić information content (AvgIpc) is 3.16. The zero-order chi connectivity index (χ0) is 38.2. The highest BCUT2D eigenvalue weighted by atomic mass is 16.5. The maximum absolute atomic E-state index is 12.0. The number of carbonyl (C=O) groups is 1. The van der Waals surface area contributed by atoms with Crippen LogP contribution in [0.25, 0.3) is 0 Å². The molecule has 0 aliphatic carbocycles. The van der Waals surface area contributed by atoms with Crippen LogP contribution < -0.4 is 0 Å². The SMILES string of the molecule is CCCCC=CCCCCCCCC(=O)OCCCCCCCCCCCCCCCCCCCCCCCCCCCCCCCCCCCCO. The molecular formula is C50H98O3. The number of unbranched alkanes of at least 4 members (excludes halogenated alkanes) is 40. The van der Waals surface area contributed by atoms with Crippen LogP contribution >= 0.6 is 0 Å². The zero-order valence-corrected chi connectivity index (χ0v) is 36.4. The van der Waals surface area contributed by atoms with E-state index in [1.165, 1.54) is 250 Å². The molecule has 0 rings (SSSR count). The van der Waals surface area contributed by atoms with Crippen LogP contribution in [0.3, 0.4) is 0 Å². The summed E-state index contributed by atoms with van der Waals surface area (Å²) in [6.45, 7) is 3.24. The number of esters is 1. The number of carbonyl (C=O) groups excluding carboxylic acids is 1. The first kappa shape index (κ1) is 52.2. The van der Waals surface area contributed by atoms with Crippen LogP contribution in [0.1, 0.15) is 289 Å². The molecule has 0 aromatic heterocycles. The Morgan fingerprint density at radius 2 is 0.623 bits per heavy atom. The molecule has 0 heterocycles. The second kappa shape index (κ2) is 49.2. The standard InChI is InChI=1S/C50H98O3/c1-2-3-4-5-6-7-32-35-38-41-44-47-50(52)53-49-46-43-40-37-34-31-29-27-25-23-21-19-17-15-13-11-9-8-10-12-14-16-18-20-22-24-26-28-30-33-36-39-42-45-48-51/h5-6,51H,2-4,7-49H2,1H3. The van der Waals surface area contributed by atoms with Crippen molar-refractivity contribution in [3.8, 4) is 0 Å². The Morgan fingerprint density at radius 3 is 0.943 bits per heavy atom. The van der Waals surface area contributed by atoms with Crippen LogP contribution in [-0.2, 0) is 9.53 Å². The molecule has 0 atom stereocenters. The summed E-state index contributed by atoms with van der Waals surface area (Å²) in [4.78, 5) is 12.0. The number of rotatable bonds is 47. The van der Waals surface area contributed by atoms with Gasteiger partial charge in [0.15, 0.2) is 0 Å².